The Morgan fingerprint density at radius 2 is 2.20 bits per heavy atom. The fourth-order valence-electron chi connectivity index (χ4n) is 1.93. The summed E-state index contributed by atoms with van der Waals surface area (Å²) in [5, 5.41) is 9.87. The van der Waals surface area contributed by atoms with E-state index in [1.165, 1.54) is 0 Å². The molecule has 1 aliphatic rings. The van der Waals surface area contributed by atoms with E-state index in [4.69, 9.17) is 5.73 Å². The van der Waals surface area contributed by atoms with E-state index in [2.05, 4.69) is 0 Å². The maximum atomic E-state index is 11.8. The number of likely N-dealkylation sites (tertiary alicyclic amines) is 1. The van der Waals surface area contributed by atoms with E-state index in [-0.39, 0.29) is 5.91 Å². The van der Waals surface area contributed by atoms with Crippen LogP contribution in [0.4, 0.5) is 0 Å². The first kappa shape index (κ1) is 12.5. The van der Waals surface area contributed by atoms with Gasteiger partial charge in [0.15, 0.2) is 0 Å². The van der Waals surface area contributed by atoms with Crippen molar-refractivity contribution in [3.63, 3.8) is 0 Å². The van der Waals surface area contributed by atoms with Crippen molar-refractivity contribution in [3.8, 4) is 0 Å². The molecule has 3 N–H and O–H groups in total. The van der Waals surface area contributed by atoms with Crippen LogP contribution in [0.3, 0.4) is 0 Å². The third-order valence-corrected chi connectivity index (χ3v) is 2.63. The molecule has 4 heteroatoms. The van der Waals surface area contributed by atoms with Crippen LogP contribution in [0.25, 0.3) is 0 Å². The number of hydrogen-bond donors (Lipinski definition) is 2. The summed E-state index contributed by atoms with van der Waals surface area (Å²) in [5.41, 5.74) is 4.60. The average Bonchev–Trinajstić information content (AvgIpc) is 1.99. The summed E-state index contributed by atoms with van der Waals surface area (Å²) in [5.74, 6) is 0.0440. The van der Waals surface area contributed by atoms with Crippen LogP contribution >= 0.6 is 0 Å². The number of carbonyl (C=O) groups excluding carboxylic acids is 1. The minimum atomic E-state index is -0.730. The highest BCUT2D eigenvalue weighted by atomic mass is 16.3. The molecule has 1 rings (SSSR count). The van der Waals surface area contributed by atoms with Crippen LogP contribution < -0.4 is 5.73 Å². The summed E-state index contributed by atoms with van der Waals surface area (Å²) in [7, 11) is 0. The Kier molecular flexibility index (Phi) is 3.41. The fourth-order valence-corrected chi connectivity index (χ4v) is 1.93. The zero-order chi connectivity index (χ0) is 11.7. The maximum Gasteiger partial charge on any atom is 0.224 e. The molecule has 0 saturated carbocycles. The van der Waals surface area contributed by atoms with Gasteiger partial charge in [-0.05, 0) is 33.6 Å². The Balaban J connectivity index is 2.53. The first-order valence-corrected chi connectivity index (χ1v) is 5.49. The van der Waals surface area contributed by atoms with Gasteiger partial charge in [0.1, 0.15) is 0 Å². The Morgan fingerprint density at radius 1 is 1.60 bits per heavy atom. The van der Waals surface area contributed by atoms with Gasteiger partial charge in [0, 0.05) is 25.0 Å². The van der Waals surface area contributed by atoms with Crippen molar-refractivity contribution in [3.05, 3.63) is 0 Å². The molecule has 4 nitrogen and oxygen atoms in total. The van der Waals surface area contributed by atoms with Crippen LogP contribution in [0.1, 0.15) is 40.0 Å². The summed E-state index contributed by atoms with van der Waals surface area (Å²) in [6.07, 6.45) is 1.97. The Bertz CT molecular complexity index is 243. The second-order valence-corrected chi connectivity index (χ2v) is 5.58. The van der Waals surface area contributed by atoms with Crippen molar-refractivity contribution in [2.45, 2.75) is 51.2 Å². The van der Waals surface area contributed by atoms with Crippen LogP contribution in [-0.4, -0.2) is 40.1 Å². The molecular weight excluding hydrogens is 192 g/mol. The van der Waals surface area contributed by atoms with Gasteiger partial charge in [-0.15, -0.1) is 0 Å². The number of nitrogens with zero attached hydrogens (tertiary/aromatic N) is 1. The molecule has 1 fully saturated rings. The SMILES string of the molecule is CC(C)(N)CC(=O)N1CCCC(C)(O)C1. The third kappa shape index (κ3) is 4.18. The predicted molar refractivity (Wildman–Crippen MR) is 59.3 cm³/mol. The lowest BCUT2D eigenvalue weighted by Crippen LogP contribution is -2.50. The maximum absolute atomic E-state index is 11.8. The van der Waals surface area contributed by atoms with E-state index in [0.29, 0.717) is 13.0 Å². The first-order chi connectivity index (χ1) is 6.70. The highest BCUT2D eigenvalue weighted by Crippen LogP contribution is 2.21. The minimum absolute atomic E-state index is 0.0440. The molecule has 0 radical (unpaired) electrons. The normalized spacial score (nSPS) is 27.9. The molecule has 1 atom stereocenters. The summed E-state index contributed by atoms with van der Waals surface area (Å²) in [4.78, 5) is 13.6. The van der Waals surface area contributed by atoms with Gasteiger partial charge in [0.2, 0.25) is 5.91 Å². The van der Waals surface area contributed by atoms with Crippen LogP contribution in [0.2, 0.25) is 0 Å². The van der Waals surface area contributed by atoms with Crippen molar-refractivity contribution in [1.29, 1.82) is 0 Å². The standard InChI is InChI=1S/C11H22N2O2/c1-10(2,12)7-9(14)13-6-4-5-11(3,15)8-13/h15H,4-8,12H2,1-3H3. The summed E-state index contributed by atoms with van der Waals surface area (Å²) < 4.78 is 0. The number of hydrogen-bond acceptors (Lipinski definition) is 3. The molecule has 0 aromatic heterocycles. The number of amides is 1. The van der Waals surface area contributed by atoms with Crippen LogP contribution in [0.5, 0.6) is 0 Å². The van der Waals surface area contributed by atoms with Crippen molar-refractivity contribution < 1.29 is 9.90 Å². The zero-order valence-electron chi connectivity index (χ0n) is 9.92. The van der Waals surface area contributed by atoms with Gasteiger partial charge < -0.3 is 15.7 Å². The Morgan fingerprint density at radius 3 is 2.67 bits per heavy atom. The van der Waals surface area contributed by atoms with Crippen molar-refractivity contribution in [2.24, 2.45) is 5.73 Å². The summed E-state index contributed by atoms with van der Waals surface area (Å²) in [6.45, 7) is 6.63. The van der Waals surface area contributed by atoms with Crippen LogP contribution in [-0.2, 0) is 4.79 Å². The van der Waals surface area contributed by atoms with Gasteiger partial charge in [0.05, 0.1) is 5.60 Å². The van der Waals surface area contributed by atoms with Gasteiger partial charge in [-0.1, -0.05) is 0 Å². The number of nitrogens with two attached hydrogens (primary N) is 1. The lowest BCUT2D eigenvalue weighted by molar-refractivity contribution is -0.138. The number of piperidine rings is 1. The summed E-state index contributed by atoms with van der Waals surface area (Å²) in [6, 6.07) is 0. The molecule has 0 aromatic carbocycles. The van der Waals surface area contributed by atoms with Crippen molar-refractivity contribution in [1.82, 2.24) is 4.90 Å². The second kappa shape index (κ2) is 4.10. The molecular formula is C11H22N2O2. The molecule has 1 heterocycles. The van der Waals surface area contributed by atoms with Gasteiger partial charge in [-0.25, -0.2) is 0 Å². The van der Waals surface area contributed by atoms with E-state index < -0.39 is 11.1 Å². The topological polar surface area (TPSA) is 66.6 Å². The highest BCUT2D eigenvalue weighted by Gasteiger charge is 2.32. The molecule has 1 unspecified atom stereocenters. The molecule has 0 aromatic rings. The van der Waals surface area contributed by atoms with Gasteiger partial charge in [-0.2, -0.15) is 0 Å². The zero-order valence-corrected chi connectivity index (χ0v) is 9.92. The molecule has 0 aliphatic carbocycles. The van der Waals surface area contributed by atoms with E-state index in [9.17, 15) is 9.90 Å². The number of rotatable bonds is 2. The van der Waals surface area contributed by atoms with E-state index in [0.717, 1.165) is 19.4 Å². The first-order valence-electron chi connectivity index (χ1n) is 5.49. The largest absolute Gasteiger partial charge is 0.388 e. The van der Waals surface area contributed by atoms with Gasteiger partial charge in [-0.3, -0.25) is 4.79 Å². The number of β-amino-alcohol motifs (C(OH)–C–C–N with tert-alkyl or cyclic N) is 1. The fraction of sp³-hybridized carbons (Fsp3) is 0.909. The Labute approximate surface area is 91.4 Å². The molecule has 15 heavy (non-hydrogen) atoms. The molecule has 1 saturated heterocycles. The van der Waals surface area contributed by atoms with Crippen molar-refractivity contribution >= 4 is 5.91 Å². The second-order valence-electron chi connectivity index (χ2n) is 5.58. The molecule has 1 amide bonds. The van der Waals surface area contributed by atoms with Crippen molar-refractivity contribution in [2.75, 3.05) is 13.1 Å². The van der Waals surface area contributed by atoms with Crippen LogP contribution in [0.15, 0.2) is 0 Å². The number of aliphatic hydroxyl groups is 1. The van der Waals surface area contributed by atoms with E-state index in [1.54, 1.807) is 11.8 Å². The monoisotopic (exact) mass is 214 g/mol. The van der Waals surface area contributed by atoms with Gasteiger partial charge >= 0.3 is 0 Å². The number of carbonyl (C=O) groups is 1. The molecule has 88 valence electrons. The molecule has 0 bridgehead atoms. The molecule has 1 aliphatic heterocycles. The highest BCUT2D eigenvalue weighted by molar-refractivity contribution is 5.77. The summed E-state index contributed by atoms with van der Waals surface area (Å²) >= 11 is 0. The third-order valence-electron chi connectivity index (χ3n) is 2.63. The molecule has 0 spiro atoms. The minimum Gasteiger partial charge on any atom is -0.388 e. The lowest BCUT2D eigenvalue weighted by Gasteiger charge is -2.37. The quantitative estimate of drug-likeness (QED) is 0.703. The smallest absolute Gasteiger partial charge is 0.224 e. The lowest BCUT2D eigenvalue weighted by atomic mass is 9.93. The van der Waals surface area contributed by atoms with Gasteiger partial charge in [0.25, 0.3) is 0 Å². The average molecular weight is 214 g/mol. The predicted octanol–water partition coefficient (Wildman–Crippen LogP) is 0.487. The van der Waals surface area contributed by atoms with E-state index >= 15 is 0 Å². The Hall–Kier alpha value is -0.610. The van der Waals surface area contributed by atoms with Crippen LogP contribution in [0, 0.1) is 0 Å². The van der Waals surface area contributed by atoms with E-state index in [1.807, 2.05) is 13.8 Å².